The molecular weight excluding hydrogens is 347 g/mol. The molecule has 0 fully saturated rings. The summed E-state index contributed by atoms with van der Waals surface area (Å²) in [5.74, 6) is -1.33. The average Bonchev–Trinajstić information content (AvgIpc) is 2.99. The Hall–Kier alpha value is -2.68. The van der Waals surface area contributed by atoms with Crippen LogP contribution in [0, 0.1) is 0 Å². The van der Waals surface area contributed by atoms with Crippen molar-refractivity contribution in [2.45, 2.75) is 11.7 Å². The van der Waals surface area contributed by atoms with Crippen molar-refractivity contribution in [3.63, 3.8) is 0 Å². The van der Waals surface area contributed by atoms with Gasteiger partial charge >= 0.3 is 6.18 Å². The highest BCUT2D eigenvalue weighted by atomic mass is 35.5. The minimum Gasteiger partial charge on any atom is -0.364 e. The van der Waals surface area contributed by atoms with Crippen LogP contribution in [0.15, 0.2) is 36.5 Å². The highest BCUT2D eigenvalue weighted by molar-refractivity contribution is 6.20. The molecule has 2 N–H and O–H groups in total. The van der Waals surface area contributed by atoms with E-state index in [1.165, 1.54) is 0 Å². The number of fused-ring (bicyclic) bond motifs is 1. The van der Waals surface area contributed by atoms with Crippen LogP contribution in [0.2, 0.25) is 0 Å². The van der Waals surface area contributed by atoms with Crippen molar-refractivity contribution in [3.8, 4) is 0 Å². The van der Waals surface area contributed by atoms with Crippen LogP contribution < -0.4 is 5.73 Å². The van der Waals surface area contributed by atoms with Gasteiger partial charge in [0.15, 0.2) is 16.9 Å². The lowest BCUT2D eigenvalue weighted by Crippen LogP contribution is -2.18. The van der Waals surface area contributed by atoms with Crippen molar-refractivity contribution in [3.05, 3.63) is 53.5 Å². The number of pyridine rings is 1. The molecule has 124 valence electrons. The molecule has 0 saturated heterocycles. The van der Waals surface area contributed by atoms with Gasteiger partial charge < -0.3 is 5.73 Å². The van der Waals surface area contributed by atoms with E-state index < -0.39 is 29.0 Å². The number of hydrogen-bond donors (Lipinski definition) is 1. The van der Waals surface area contributed by atoms with Gasteiger partial charge in [0.05, 0.1) is 5.52 Å². The van der Waals surface area contributed by atoms with E-state index in [0.29, 0.717) is 15.9 Å². The minimum absolute atomic E-state index is 0.442. The van der Waals surface area contributed by atoms with Crippen molar-refractivity contribution in [1.82, 2.24) is 20.0 Å². The normalized spacial score (nSPS) is 13.2. The summed E-state index contributed by atoms with van der Waals surface area (Å²) in [6, 6.07) is 8.41. The summed E-state index contributed by atoms with van der Waals surface area (Å²) in [6.45, 7) is 0. The van der Waals surface area contributed by atoms with Crippen LogP contribution in [0.4, 0.5) is 13.2 Å². The summed E-state index contributed by atoms with van der Waals surface area (Å²) in [5.41, 5.74) is 2.48. The Morgan fingerprint density at radius 3 is 2.62 bits per heavy atom. The Morgan fingerprint density at radius 2 is 2.00 bits per heavy atom. The highest BCUT2D eigenvalue weighted by Crippen LogP contribution is 2.31. The van der Waals surface area contributed by atoms with E-state index in [2.05, 4.69) is 15.2 Å². The summed E-state index contributed by atoms with van der Waals surface area (Å²) in [7, 11) is 0. The molecule has 3 rings (SSSR count). The Morgan fingerprint density at radius 1 is 1.25 bits per heavy atom. The summed E-state index contributed by atoms with van der Waals surface area (Å²) in [6.07, 6.45) is -3.25. The molecule has 1 unspecified atom stereocenters. The van der Waals surface area contributed by atoms with Gasteiger partial charge in [-0.05, 0) is 23.8 Å². The molecule has 24 heavy (non-hydrogen) atoms. The smallest absolute Gasteiger partial charge is 0.364 e. The maximum absolute atomic E-state index is 12.9. The van der Waals surface area contributed by atoms with Crippen molar-refractivity contribution in [1.29, 1.82) is 0 Å². The Labute approximate surface area is 138 Å². The Kier molecular flexibility index (Phi) is 3.88. The lowest BCUT2D eigenvalue weighted by molar-refractivity contribution is -0.141. The van der Waals surface area contributed by atoms with Crippen molar-refractivity contribution in [2.75, 3.05) is 0 Å². The summed E-state index contributed by atoms with van der Waals surface area (Å²) < 4.78 is 38.8. The number of hydrogen-bond acceptors (Lipinski definition) is 4. The fourth-order valence-electron chi connectivity index (χ4n) is 2.16. The molecule has 6 nitrogen and oxygen atoms in total. The van der Waals surface area contributed by atoms with Gasteiger partial charge in [0.1, 0.15) is 0 Å². The van der Waals surface area contributed by atoms with Gasteiger partial charge in [-0.2, -0.15) is 18.0 Å². The first-order valence-corrected chi connectivity index (χ1v) is 7.03. The second kappa shape index (κ2) is 5.75. The molecule has 0 spiro atoms. The number of rotatable bonds is 3. The molecule has 2 aromatic heterocycles. The third-order valence-corrected chi connectivity index (χ3v) is 3.66. The molecule has 3 aromatic rings. The number of alkyl halides is 4. The van der Waals surface area contributed by atoms with Gasteiger partial charge in [-0.15, -0.1) is 10.2 Å². The minimum atomic E-state index is -4.87. The zero-order valence-electron chi connectivity index (χ0n) is 11.8. The zero-order valence-corrected chi connectivity index (χ0v) is 12.6. The number of carbonyl (C=O) groups excluding carboxylic acids is 1. The van der Waals surface area contributed by atoms with Crippen molar-refractivity contribution < 1.29 is 18.0 Å². The number of amides is 1. The quantitative estimate of drug-likeness (QED) is 0.732. The molecule has 1 aromatic carbocycles. The van der Waals surface area contributed by atoms with E-state index in [1.807, 2.05) is 0 Å². The standard InChI is InChI=1S/C14H9ClF3N5O/c15-12(8-3-4-9-7(6-8)2-1-5-20-9)23-21-10(13(19)24)11(22-23)14(16,17)18/h1-6,12H,(H2,19,24). The number of nitrogens with zero attached hydrogens (tertiary/aromatic N) is 4. The maximum atomic E-state index is 12.9. The van der Waals surface area contributed by atoms with Crippen LogP contribution in [0.25, 0.3) is 10.9 Å². The zero-order chi connectivity index (χ0) is 17.5. The maximum Gasteiger partial charge on any atom is 0.437 e. The average molecular weight is 356 g/mol. The molecule has 1 atom stereocenters. The van der Waals surface area contributed by atoms with Gasteiger partial charge in [-0.25, -0.2) is 0 Å². The largest absolute Gasteiger partial charge is 0.437 e. The number of nitrogens with two attached hydrogens (primary N) is 1. The third-order valence-electron chi connectivity index (χ3n) is 3.24. The predicted molar refractivity (Wildman–Crippen MR) is 79.3 cm³/mol. The summed E-state index contributed by atoms with van der Waals surface area (Å²) in [5, 5.41) is 7.54. The van der Waals surface area contributed by atoms with Crippen LogP contribution in [-0.2, 0) is 6.18 Å². The number of benzene rings is 1. The third kappa shape index (κ3) is 2.90. The van der Waals surface area contributed by atoms with E-state index >= 15 is 0 Å². The van der Waals surface area contributed by atoms with Gasteiger partial charge in [0, 0.05) is 11.6 Å². The van der Waals surface area contributed by atoms with Gasteiger partial charge in [0.25, 0.3) is 5.91 Å². The number of halogens is 4. The van der Waals surface area contributed by atoms with E-state index in [1.54, 1.807) is 36.5 Å². The van der Waals surface area contributed by atoms with Crippen LogP contribution in [-0.4, -0.2) is 25.9 Å². The SMILES string of the molecule is NC(=O)c1nn(C(Cl)c2ccc3ncccc3c2)nc1C(F)(F)F. The molecule has 0 radical (unpaired) electrons. The van der Waals surface area contributed by atoms with E-state index in [4.69, 9.17) is 17.3 Å². The molecule has 10 heteroatoms. The van der Waals surface area contributed by atoms with Crippen LogP contribution in [0.1, 0.15) is 27.2 Å². The summed E-state index contributed by atoms with van der Waals surface area (Å²) in [4.78, 5) is 15.9. The Balaban J connectivity index is 2.05. The lowest BCUT2D eigenvalue weighted by Gasteiger charge is -2.10. The fraction of sp³-hybridized carbons (Fsp3) is 0.143. The van der Waals surface area contributed by atoms with Crippen molar-refractivity contribution >= 4 is 28.4 Å². The molecule has 1 amide bonds. The molecule has 0 aliphatic heterocycles. The first kappa shape index (κ1) is 16.2. The fourth-order valence-corrected chi connectivity index (χ4v) is 2.38. The lowest BCUT2D eigenvalue weighted by atomic mass is 10.1. The molecule has 2 heterocycles. The summed E-state index contributed by atoms with van der Waals surface area (Å²) >= 11 is 6.17. The first-order valence-electron chi connectivity index (χ1n) is 6.60. The van der Waals surface area contributed by atoms with Gasteiger partial charge in [-0.3, -0.25) is 9.78 Å². The monoisotopic (exact) mass is 355 g/mol. The second-order valence-electron chi connectivity index (χ2n) is 4.87. The molecule has 0 aliphatic carbocycles. The van der Waals surface area contributed by atoms with E-state index in [-0.39, 0.29) is 0 Å². The second-order valence-corrected chi connectivity index (χ2v) is 5.28. The topological polar surface area (TPSA) is 86.7 Å². The van der Waals surface area contributed by atoms with Crippen LogP contribution in [0.5, 0.6) is 0 Å². The molecular formula is C14H9ClF3N5O. The van der Waals surface area contributed by atoms with E-state index in [0.717, 1.165) is 5.39 Å². The van der Waals surface area contributed by atoms with Crippen LogP contribution in [0.3, 0.4) is 0 Å². The molecule has 0 saturated carbocycles. The molecule has 0 bridgehead atoms. The Bertz CT molecular complexity index is 924. The first-order chi connectivity index (χ1) is 11.3. The highest BCUT2D eigenvalue weighted by Gasteiger charge is 2.40. The van der Waals surface area contributed by atoms with Gasteiger partial charge in [0.2, 0.25) is 0 Å². The predicted octanol–water partition coefficient (Wildman–Crippen LogP) is 2.73. The van der Waals surface area contributed by atoms with E-state index in [9.17, 15) is 18.0 Å². The van der Waals surface area contributed by atoms with Crippen molar-refractivity contribution in [2.24, 2.45) is 5.73 Å². The van der Waals surface area contributed by atoms with Crippen LogP contribution >= 0.6 is 11.6 Å². The number of primary amides is 1. The van der Waals surface area contributed by atoms with Gasteiger partial charge in [-0.1, -0.05) is 23.7 Å². The number of carbonyl (C=O) groups is 1. The number of aromatic nitrogens is 4. The molecule has 0 aliphatic rings.